The second kappa shape index (κ2) is 7.73. The average molecular weight is 303 g/mol. The highest BCUT2D eigenvalue weighted by atomic mass is 32.2. The van der Waals surface area contributed by atoms with E-state index in [0.29, 0.717) is 18.6 Å². The molecule has 0 spiro atoms. The summed E-state index contributed by atoms with van der Waals surface area (Å²) in [6, 6.07) is 1.31. The van der Waals surface area contributed by atoms with Gasteiger partial charge >= 0.3 is 0 Å². The van der Waals surface area contributed by atoms with Gasteiger partial charge in [0.05, 0.1) is 6.26 Å². The third-order valence-electron chi connectivity index (χ3n) is 4.56. The Balaban J connectivity index is 1.69. The number of hydrogen-bond acceptors (Lipinski definition) is 4. The van der Waals surface area contributed by atoms with Crippen molar-refractivity contribution < 1.29 is 8.42 Å². The van der Waals surface area contributed by atoms with E-state index in [1.54, 1.807) is 0 Å². The molecule has 5 nitrogen and oxygen atoms in total. The van der Waals surface area contributed by atoms with Crippen LogP contribution in [0.4, 0.5) is 0 Å². The van der Waals surface area contributed by atoms with Crippen LogP contribution in [0.2, 0.25) is 0 Å². The summed E-state index contributed by atoms with van der Waals surface area (Å²) in [5.41, 5.74) is 0. The van der Waals surface area contributed by atoms with Crippen LogP contribution >= 0.6 is 0 Å². The van der Waals surface area contributed by atoms with Gasteiger partial charge in [0.15, 0.2) is 0 Å². The van der Waals surface area contributed by atoms with E-state index in [1.807, 2.05) is 0 Å². The Morgan fingerprint density at radius 2 is 1.90 bits per heavy atom. The minimum Gasteiger partial charge on any atom is -0.314 e. The van der Waals surface area contributed by atoms with Gasteiger partial charge in [-0.2, -0.15) is 0 Å². The van der Waals surface area contributed by atoms with Crippen LogP contribution in [0, 0.1) is 5.92 Å². The van der Waals surface area contributed by atoms with E-state index >= 15 is 0 Å². The van der Waals surface area contributed by atoms with Crippen molar-refractivity contribution in [1.82, 2.24) is 15.4 Å². The predicted molar refractivity (Wildman–Crippen MR) is 82.2 cm³/mol. The van der Waals surface area contributed by atoms with Crippen LogP contribution in [0.5, 0.6) is 0 Å². The minimum atomic E-state index is -3.04. The van der Waals surface area contributed by atoms with Crippen molar-refractivity contribution in [2.45, 2.75) is 57.0 Å². The van der Waals surface area contributed by atoms with Gasteiger partial charge in [-0.15, -0.1) is 0 Å². The minimum absolute atomic E-state index is 0.533. The third-order valence-corrected chi connectivity index (χ3v) is 5.29. The SMILES string of the molecule is CS(=O)(=O)NCCCNC1CCCCC1C1CCCN1. The fourth-order valence-corrected chi connectivity index (χ4v) is 4.12. The maximum absolute atomic E-state index is 11.0. The van der Waals surface area contributed by atoms with Crippen LogP contribution in [0.3, 0.4) is 0 Å². The van der Waals surface area contributed by atoms with E-state index < -0.39 is 10.0 Å². The van der Waals surface area contributed by atoms with Crippen molar-refractivity contribution in [3.8, 4) is 0 Å². The molecule has 3 atom stereocenters. The molecule has 3 unspecified atom stereocenters. The summed E-state index contributed by atoms with van der Waals surface area (Å²) in [6.45, 7) is 2.60. The summed E-state index contributed by atoms with van der Waals surface area (Å²) < 4.78 is 24.5. The van der Waals surface area contributed by atoms with Gasteiger partial charge in [0.25, 0.3) is 0 Å². The quantitative estimate of drug-likeness (QED) is 0.609. The van der Waals surface area contributed by atoms with Crippen molar-refractivity contribution >= 4 is 10.0 Å². The summed E-state index contributed by atoms with van der Waals surface area (Å²) in [5.74, 6) is 0.758. The highest BCUT2D eigenvalue weighted by Crippen LogP contribution is 2.30. The van der Waals surface area contributed by atoms with E-state index in [4.69, 9.17) is 0 Å². The largest absolute Gasteiger partial charge is 0.314 e. The zero-order valence-electron chi connectivity index (χ0n) is 12.5. The van der Waals surface area contributed by atoms with Crippen molar-refractivity contribution in [2.75, 3.05) is 25.9 Å². The van der Waals surface area contributed by atoms with Crippen molar-refractivity contribution in [3.63, 3.8) is 0 Å². The molecule has 0 aromatic heterocycles. The van der Waals surface area contributed by atoms with Gasteiger partial charge in [-0.1, -0.05) is 12.8 Å². The molecular weight excluding hydrogens is 274 g/mol. The molecule has 1 heterocycles. The third kappa shape index (κ3) is 5.31. The molecule has 0 amide bonds. The standard InChI is InChI=1S/C14H29N3O2S/c1-20(18,19)17-11-5-10-16-13-7-3-2-6-12(13)14-8-4-9-15-14/h12-17H,2-11H2,1H3. The number of sulfonamides is 1. The topological polar surface area (TPSA) is 70.2 Å². The van der Waals surface area contributed by atoms with E-state index in [-0.39, 0.29) is 0 Å². The lowest BCUT2D eigenvalue weighted by molar-refractivity contribution is 0.215. The molecular formula is C14H29N3O2S. The number of hydrogen-bond donors (Lipinski definition) is 3. The molecule has 1 aliphatic carbocycles. The van der Waals surface area contributed by atoms with Crippen LogP contribution in [0.15, 0.2) is 0 Å². The lowest BCUT2D eigenvalue weighted by atomic mass is 9.79. The van der Waals surface area contributed by atoms with Crippen molar-refractivity contribution in [2.24, 2.45) is 5.92 Å². The summed E-state index contributed by atoms with van der Waals surface area (Å²) in [5, 5.41) is 7.31. The Kier molecular flexibility index (Phi) is 6.26. The van der Waals surface area contributed by atoms with Gasteiger partial charge < -0.3 is 10.6 Å². The lowest BCUT2D eigenvalue weighted by Gasteiger charge is -2.36. The first-order valence-corrected chi connectivity index (χ1v) is 9.87. The molecule has 0 bridgehead atoms. The molecule has 6 heteroatoms. The molecule has 2 aliphatic rings. The monoisotopic (exact) mass is 303 g/mol. The fourth-order valence-electron chi connectivity index (χ4n) is 3.60. The second-order valence-electron chi connectivity index (χ2n) is 6.23. The summed E-state index contributed by atoms with van der Waals surface area (Å²) in [6.07, 6.45) is 9.97. The first-order chi connectivity index (χ1) is 9.56. The molecule has 3 N–H and O–H groups in total. The first-order valence-electron chi connectivity index (χ1n) is 7.98. The highest BCUT2D eigenvalue weighted by Gasteiger charge is 2.32. The highest BCUT2D eigenvalue weighted by molar-refractivity contribution is 7.88. The number of nitrogens with one attached hydrogen (secondary N) is 3. The van der Waals surface area contributed by atoms with Gasteiger partial charge in [0.2, 0.25) is 10.0 Å². The molecule has 0 aromatic rings. The molecule has 1 saturated carbocycles. The molecule has 0 radical (unpaired) electrons. The lowest BCUT2D eigenvalue weighted by Crippen LogP contribution is -2.47. The summed E-state index contributed by atoms with van der Waals surface area (Å²) in [7, 11) is -3.04. The predicted octanol–water partition coefficient (Wildman–Crippen LogP) is 0.826. The molecule has 1 saturated heterocycles. The molecule has 2 fully saturated rings. The zero-order valence-corrected chi connectivity index (χ0v) is 13.3. The normalized spacial score (nSPS) is 31.6. The van der Waals surface area contributed by atoms with Crippen molar-refractivity contribution in [1.29, 1.82) is 0 Å². The van der Waals surface area contributed by atoms with E-state index in [1.165, 1.54) is 51.3 Å². The van der Waals surface area contributed by atoms with Gasteiger partial charge in [-0.05, 0) is 51.1 Å². The molecule has 1 aliphatic heterocycles. The van der Waals surface area contributed by atoms with Crippen LogP contribution in [0.1, 0.15) is 44.9 Å². The van der Waals surface area contributed by atoms with Gasteiger partial charge in [0, 0.05) is 18.6 Å². The van der Waals surface area contributed by atoms with E-state index in [9.17, 15) is 8.42 Å². The maximum Gasteiger partial charge on any atom is 0.208 e. The fraction of sp³-hybridized carbons (Fsp3) is 1.00. The Morgan fingerprint density at radius 3 is 2.60 bits per heavy atom. The zero-order chi connectivity index (χ0) is 14.4. The average Bonchev–Trinajstić information content (AvgIpc) is 2.91. The molecule has 0 aromatic carbocycles. The van der Waals surface area contributed by atoms with Gasteiger partial charge in [-0.3, -0.25) is 0 Å². The van der Waals surface area contributed by atoms with Crippen LogP contribution in [-0.4, -0.2) is 46.4 Å². The van der Waals surface area contributed by atoms with Crippen LogP contribution < -0.4 is 15.4 Å². The second-order valence-corrected chi connectivity index (χ2v) is 8.06. The van der Waals surface area contributed by atoms with E-state index in [2.05, 4.69) is 15.4 Å². The summed E-state index contributed by atoms with van der Waals surface area (Å²) >= 11 is 0. The number of rotatable bonds is 7. The molecule has 118 valence electrons. The smallest absolute Gasteiger partial charge is 0.208 e. The Bertz CT molecular complexity index is 380. The van der Waals surface area contributed by atoms with Crippen molar-refractivity contribution in [3.05, 3.63) is 0 Å². The maximum atomic E-state index is 11.0. The van der Waals surface area contributed by atoms with Gasteiger partial charge in [0.1, 0.15) is 0 Å². The molecule has 2 rings (SSSR count). The summed E-state index contributed by atoms with van der Waals surface area (Å²) in [4.78, 5) is 0. The Labute approximate surface area is 123 Å². The Morgan fingerprint density at radius 1 is 1.10 bits per heavy atom. The molecule has 20 heavy (non-hydrogen) atoms. The van der Waals surface area contributed by atoms with E-state index in [0.717, 1.165) is 18.9 Å². The van der Waals surface area contributed by atoms with Crippen LogP contribution in [-0.2, 0) is 10.0 Å². The van der Waals surface area contributed by atoms with Gasteiger partial charge in [-0.25, -0.2) is 13.1 Å². The van der Waals surface area contributed by atoms with Crippen LogP contribution in [0.25, 0.3) is 0 Å². The Hall–Kier alpha value is -0.170. The first kappa shape index (κ1) is 16.2.